The van der Waals surface area contributed by atoms with E-state index in [9.17, 15) is 8.78 Å². The van der Waals surface area contributed by atoms with Gasteiger partial charge in [0.05, 0.1) is 10.5 Å². The third kappa shape index (κ3) is 2.60. The predicted molar refractivity (Wildman–Crippen MR) is 83.7 cm³/mol. The summed E-state index contributed by atoms with van der Waals surface area (Å²) in [6.07, 6.45) is 0. The van der Waals surface area contributed by atoms with Crippen molar-refractivity contribution in [3.8, 4) is 0 Å². The zero-order chi connectivity index (χ0) is 15.9. The largest absolute Gasteiger partial charge is 0.329 e. The van der Waals surface area contributed by atoms with E-state index in [0.717, 1.165) is 0 Å². The van der Waals surface area contributed by atoms with Crippen molar-refractivity contribution in [1.82, 2.24) is 9.97 Å². The third-order valence-corrected chi connectivity index (χ3v) is 3.65. The van der Waals surface area contributed by atoms with Crippen LogP contribution in [0.2, 0.25) is 5.02 Å². The van der Waals surface area contributed by atoms with E-state index in [1.54, 1.807) is 31.0 Å². The average Bonchev–Trinajstić information content (AvgIpc) is 2.48. The monoisotopic (exact) mass is 319 g/mol. The van der Waals surface area contributed by atoms with E-state index in [0.29, 0.717) is 28.2 Å². The van der Waals surface area contributed by atoms with Gasteiger partial charge in [-0.3, -0.25) is 0 Å². The molecule has 0 aliphatic heterocycles. The Morgan fingerprint density at radius 3 is 2.55 bits per heavy atom. The summed E-state index contributed by atoms with van der Waals surface area (Å²) >= 11 is 5.83. The molecule has 3 rings (SSSR count). The van der Waals surface area contributed by atoms with Gasteiger partial charge in [-0.15, -0.1) is 0 Å². The highest BCUT2D eigenvalue weighted by atomic mass is 35.5. The van der Waals surface area contributed by atoms with Crippen LogP contribution in [0.5, 0.6) is 0 Å². The highest BCUT2D eigenvalue weighted by Gasteiger charge is 2.13. The quantitative estimate of drug-likeness (QED) is 0.689. The number of rotatable bonds is 2. The fourth-order valence-corrected chi connectivity index (χ4v) is 2.45. The molecule has 0 N–H and O–H groups in total. The van der Waals surface area contributed by atoms with Gasteiger partial charge in [0.15, 0.2) is 0 Å². The normalized spacial score (nSPS) is 11.0. The summed E-state index contributed by atoms with van der Waals surface area (Å²) in [5.74, 6) is 0.284. The second-order valence-electron chi connectivity index (χ2n) is 4.91. The number of aryl methyl sites for hydroxylation is 1. The molecule has 0 spiro atoms. The number of hydrogen-bond acceptors (Lipinski definition) is 3. The Balaban J connectivity index is 2.17. The van der Waals surface area contributed by atoms with Gasteiger partial charge in [0.1, 0.15) is 23.3 Å². The van der Waals surface area contributed by atoms with Gasteiger partial charge in [0.25, 0.3) is 0 Å². The van der Waals surface area contributed by atoms with Crippen LogP contribution in [-0.4, -0.2) is 17.0 Å². The molecule has 0 amide bonds. The number of anilines is 2. The van der Waals surface area contributed by atoms with Crippen LogP contribution in [0.15, 0.2) is 36.4 Å². The number of fused-ring (bicyclic) bond motifs is 1. The molecule has 6 heteroatoms. The van der Waals surface area contributed by atoms with E-state index in [1.807, 2.05) is 0 Å². The van der Waals surface area contributed by atoms with Crippen LogP contribution in [0.4, 0.5) is 20.3 Å². The Morgan fingerprint density at radius 2 is 1.82 bits per heavy atom. The minimum Gasteiger partial charge on any atom is -0.329 e. The highest BCUT2D eigenvalue weighted by molar-refractivity contribution is 6.31. The first-order chi connectivity index (χ1) is 10.5. The summed E-state index contributed by atoms with van der Waals surface area (Å²) in [6, 6.07) is 8.76. The molecule has 0 fully saturated rings. The maximum absolute atomic E-state index is 13.4. The maximum Gasteiger partial charge on any atom is 0.144 e. The van der Waals surface area contributed by atoms with Gasteiger partial charge in [-0.25, -0.2) is 18.7 Å². The molecule has 112 valence electrons. The zero-order valence-electron chi connectivity index (χ0n) is 11.9. The maximum atomic E-state index is 13.4. The SMILES string of the molecule is Cc1nc(N(C)c2ccc(F)c(Cl)c2)c2ccc(F)cc2n1. The standard InChI is InChI=1S/C16H12ClF2N3/c1-9-20-15-7-10(18)3-5-12(15)16(21-9)22(2)11-4-6-14(19)13(17)8-11/h3-8H,1-2H3. The first-order valence-electron chi connectivity index (χ1n) is 6.58. The van der Waals surface area contributed by atoms with Crippen LogP contribution in [-0.2, 0) is 0 Å². The first kappa shape index (κ1) is 14.7. The molecule has 0 aliphatic carbocycles. The zero-order valence-corrected chi connectivity index (χ0v) is 12.7. The van der Waals surface area contributed by atoms with Crippen LogP contribution in [0.25, 0.3) is 10.9 Å². The average molecular weight is 320 g/mol. The molecule has 1 heterocycles. The number of halogens is 3. The van der Waals surface area contributed by atoms with E-state index < -0.39 is 5.82 Å². The van der Waals surface area contributed by atoms with Gasteiger partial charge in [-0.2, -0.15) is 0 Å². The Hall–Kier alpha value is -2.27. The van der Waals surface area contributed by atoms with Crippen molar-refractivity contribution in [2.45, 2.75) is 6.92 Å². The smallest absolute Gasteiger partial charge is 0.144 e. The van der Waals surface area contributed by atoms with E-state index >= 15 is 0 Å². The molecule has 0 aliphatic rings. The summed E-state index contributed by atoms with van der Waals surface area (Å²) in [5, 5.41) is 0.737. The van der Waals surface area contributed by atoms with Crippen molar-refractivity contribution in [3.05, 3.63) is 58.9 Å². The molecular weight excluding hydrogens is 308 g/mol. The second kappa shape index (κ2) is 5.50. The number of hydrogen-bond donors (Lipinski definition) is 0. The fourth-order valence-electron chi connectivity index (χ4n) is 2.27. The summed E-state index contributed by atoms with van der Waals surface area (Å²) in [6.45, 7) is 1.74. The van der Waals surface area contributed by atoms with E-state index in [4.69, 9.17) is 11.6 Å². The molecule has 2 aromatic carbocycles. The molecular formula is C16H12ClF2N3. The molecule has 1 aromatic heterocycles. The van der Waals surface area contributed by atoms with Crippen LogP contribution < -0.4 is 4.90 Å². The predicted octanol–water partition coefficient (Wildman–Crippen LogP) is 4.64. The summed E-state index contributed by atoms with van der Waals surface area (Å²) < 4.78 is 26.7. The van der Waals surface area contributed by atoms with Crippen molar-refractivity contribution in [3.63, 3.8) is 0 Å². The lowest BCUT2D eigenvalue weighted by Crippen LogP contribution is -2.13. The van der Waals surface area contributed by atoms with Crippen LogP contribution >= 0.6 is 11.6 Å². The van der Waals surface area contributed by atoms with Crippen molar-refractivity contribution in [1.29, 1.82) is 0 Å². The van der Waals surface area contributed by atoms with Crippen LogP contribution in [0.3, 0.4) is 0 Å². The van der Waals surface area contributed by atoms with E-state index in [-0.39, 0.29) is 10.8 Å². The number of aromatic nitrogens is 2. The van der Waals surface area contributed by atoms with Crippen molar-refractivity contribution < 1.29 is 8.78 Å². The van der Waals surface area contributed by atoms with E-state index in [1.165, 1.54) is 24.3 Å². The van der Waals surface area contributed by atoms with Gasteiger partial charge in [0.2, 0.25) is 0 Å². The summed E-state index contributed by atoms with van der Waals surface area (Å²) in [5.41, 5.74) is 1.19. The highest BCUT2D eigenvalue weighted by Crippen LogP contribution is 2.31. The van der Waals surface area contributed by atoms with Crippen molar-refractivity contribution in [2.75, 3.05) is 11.9 Å². The van der Waals surface area contributed by atoms with Crippen molar-refractivity contribution >= 4 is 34.0 Å². The van der Waals surface area contributed by atoms with E-state index in [2.05, 4.69) is 9.97 Å². The lowest BCUT2D eigenvalue weighted by atomic mass is 10.2. The van der Waals surface area contributed by atoms with Gasteiger partial charge in [-0.05, 0) is 37.3 Å². The third-order valence-electron chi connectivity index (χ3n) is 3.36. The molecule has 3 nitrogen and oxygen atoms in total. The molecule has 0 unspecified atom stereocenters. The second-order valence-corrected chi connectivity index (χ2v) is 5.32. The molecule has 0 saturated carbocycles. The Labute approximate surface area is 131 Å². The molecule has 0 saturated heterocycles. The van der Waals surface area contributed by atoms with Crippen LogP contribution in [0, 0.1) is 18.6 Å². The molecule has 0 bridgehead atoms. The van der Waals surface area contributed by atoms with Gasteiger partial charge >= 0.3 is 0 Å². The van der Waals surface area contributed by atoms with Crippen LogP contribution in [0.1, 0.15) is 5.82 Å². The van der Waals surface area contributed by atoms with Crippen molar-refractivity contribution in [2.24, 2.45) is 0 Å². The summed E-state index contributed by atoms with van der Waals surface area (Å²) in [7, 11) is 1.79. The Bertz CT molecular complexity index is 862. The lowest BCUT2D eigenvalue weighted by Gasteiger charge is -2.20. The topological polar surface area (TPSA) is 29.0 Å². The molecule has 0 radical (unpaired) electrons. The first-order valence-corrected chi connectivity index (χ1v) is 6.96. The molecule has 22 heavy (non-hydrogen) atoms. The lowest BCUT2D eigenvalue weighted by molar-refractivity contribution is 0.628. The minimum atomic E-state index is -0.482. The number of benzene rings is 2. The summed E-state index contributed by atoms with van der Waals surface area (Å²) in [4.78, 5) is 10.4. The molecule has 0 atom stereocenters. The van der Waals surface area contributed by atoms with Gasteiger partial charge < -0.3 is 4.90 Å². The minimum absolute atomic E-state index is 0.0329. The Kier molecular flexibility index (Phi) is 3.66. The van der Waals surface area contributed by atoms with Gasteiger partial charge in [-0.1, -0.05) is 11.6 Å². The number of nitrogens with zero attached hydrogens (tertiary/aromatic N) is 3. The van der Waals surface area contributed by atoms with Gasteiger partial charge in [0, 0.05) is 24.2 Å². The molecule has 3 aromatic rings. The fraction of sp³-hybridized carbons (Fsp3) is 0.125. The Morgan fingerprint density at radius 1 is 1.05 bits per heavy atom.